The van der Waals surface area contributed by atoms with Crippen LogP contribution in [0.1, 0.15) is 41.4 Å². The summed E-state index contributed by atoms with van der Waals surface area (Å²) in [5, 5.41) is 3.17. The largest absolute Gasteiger partial charge is 0.383 e. The first kappa shape index (κ1) is 20.5. The van der Waals surface area contributed by atoms with E-state index in [2.05, 4.69) is 10.3 Å². The highest BCUT2D eigenvalue weighted by Gasteiger charge is 2.24. The molecule has 152 valence electrons. The molecule has 1 N–H and O–H groups in total. The Labute approximate surface area is 167 Å². The van der Waals surface area contributed by atoms with Crippen LogP contribution in [0, 0.1) is 6.92 Å². The van der Waals surface area contributed by atoms with Crippen molar-refractivity contribution in [2.75, 3.05) is 26.8 Å². The highest BCUT2D eigenvalue weighted by Crippen LogP contribution is 2.26. The van der Waals surface area contributed by atoms with E-state index in [1.54, 1.807) is 14.0 Å². The van der Waals surface area contributed by atoms with Crippen LogP contribution in [-0.4, -0.2) is 59.1 Å². The molecular weight excluding hydrogens is 380 g/mol. The molecule has 8 nitrogen and oxygen atoms in total. The van der Waals surface area contributed by atoms with Gasteiger partial charge in [-0.25, -0.2) is 4.98 Å². The number of carbonyl (C=O) groups is 2. The van der Waals surface area contributed by atoms with Crippen molar-refractivity contribution >= 4 is 33.4 Å². The molecule has 2 amide bonds. The first-order valence-electron chi connectivity index (χ1n) is 9.49. The number of nitrogens with zero attached hydrogens (tertiary/aromatic N) is 3. The summed E-state index contributed by atoms with van der Waals surface area (Å²) in [5.41, 5.74) is 0.313. The molecule has 1 aliphatic rings. The Kier molecular flexibility index (Phi) is 6.46. The first-order valence-corrected chi connectivity index (χ1v) is 10.3. The zero-order valence-electron chi connectivity index (χ0n) is 16.5. The second-order valence-corrected chi connectivity index (χ2v) is 8.09. The van der Waals surface area contributed by atoms with Gasteiger partial charge in [0.05, 0.1) is 23.2 Å². The number of likely N-dealkylation sites (tertiary alicyclic amines) is 1. The molecule has 0 bridgehead atoms. The minimum atomic E-state index is -0.285. The standard InChI is InChI=1S/C19H26N4O4S/c1-12-6-4-5-8-23(12)14(24)10-22-11-21-18-15(19(22)26)13(2)16(28-18)17(25)20-7-9-27-3/h11-12H,4-10H2,1-3H3,(H,20,25). The summed E-state index contributed by atoms with van der Waals surface area (Å²) in [5.74, 6) is -0.317. The molecule has 2 aromatic rings. The second kappa shape index (κ2) is 8.83. The molecule has 1 unspecified atom stereocenters. The van der Waals surface area contributed by atoms with E-state index >= 15 is 0 Å². The van der Waals surface area contributed by atoms with Gasteiger partial charge in [0.1, 0.15) is 11.4 Å². The van der Waals surface area contributed by atoms with Gasteiger partial charge in [-0.2, -0.15) is 0 Å². The maximum absolute atomic E-state index is 13.0. The van der Waals surface area contributed by atoms with E-state index in [4.69, 9.17) is 4.74 Å². The van der Waals surface area contributed by atoms with E-state index < -0.39 is 0 Å². The van der Waals surface area contributed by atoms with Crippen LogP contribution in [0.25, 0.3) is 10.2 Å². The fourth-order valence-electron chi connectivity index (χ4n) is 3.54. The number of hydrogen-bond donors (Lipinski definition) is 1. The van der Waals surface area contributed by atoms with E-state index in [0.717, 1.165) is 25.8 Å². The van der Waals surface area contributed by atoms with Crippen LogP contribution >= 0.6 is 11.3 Å². The highest BCUT2D eigenvalue weighted by molar-refractivity contribution is 7.20. The zero-order chi connectivity index (χ0) is 20.3. The van der Waals surface area contributed by atoms with Gasteiger partial charge in [0.25, 0.3) is 11.5 Å². The van der Waals surface area contributed by atoms with Crippen molar-refractivity contribution in [3.63, 3.8) is 0 Å². The number of aromatic nitrogens is 2. The molecule has 1 fully saturated rings. The van der Waals surface area contributed by atoms with Gasteiger partial charge in [-0.05, 0) is 38.7 Å². The fraction of sp³-hybridized carbons (Fsp3) is 0.579. The zero-order valence-corrected chi connectivity index (χ0v) is 17.3. The van der Waals surface area contributed by atoms with Crippen LogP contribution < -0.4 is 10.9 Å². The molecule has 0 aromatic carbocycles. The predicted octanol–water partition coefficient (Wildman–Crippen LogP) is 1.54. The van der Waals surface area contributed by atoms with Crippen molar-refractivity contribution in [1.82, 2.24) is 19.8 Å². The summed E-state index contributed by atoms with van der Waals surface area (Å²) >= 11 is 1.19. The van der Waals surface area contributed by atoms with Crippen molar-refractivity contribution < 1.29 is 14.3 Å². The van der Waals surface area contributed by atoms with Crippen LogP contribution in [0.3, 0.4) is 0 Å². The molecule has 3 rings (SSSR count). The number of nitrogens with one attached hydrogen (secondary N) is 1. The van der Waals surface area contributed by atoms with Crippen molar-refractivity contribution in [3.8, 4) is 0 Å². The van der Waals surface area contributed by atoms with Crippen molar-refractivity contribution in [2.45, 2.75) is 45.7 Å². The topological polar surface area (TPSA) is 93.5 Å². The minimum absolute atomic E-state index is 0.0310. The molecule has 1 aliphatic heterocycles. The molecule has 1 saturated heterocycles. The van der Waals surface area contributed by atoms with E-state index in [1.165, 1.54) is 22.2 Å². The van der Waals surface area contributed by atoms with Crippen molar-refractivity contribution in [2.24, 2.45) is 0 Å². The van der Waals surface area contributed by atoms with Gasteiger partial charge >= 0.3 is 0 Å². The molecule has 0 spiro atoms. The Morgan fingerprint density at radius 3 is 2.89 bits per heavy atom. The van der Waals surface area contributed by atoms with Gasteiger partial charge in [0.2, 0.25) is 5.91 Å². The quantitative estimate of drug-likeness (QED) is 0.735. The molecule has 0 radical (unpaired) electrons. The number of amides is 2. The normalized spacial score (nSPS) is 17.1. The number of fused-ring (bicyclic) bond motifs is 1. The highest BCUT2D eigenvalue weighted by atomic mass is 32.1. The van der Waals surface area contributed by atoms with Gasteiger partial charge in [-0.3, -0.25) is 19.0 Å². The summed E-state index contributed by atoms with van der Waals surface area (Å²) in [7, 11) is 1.56. The number of thiophene rings is 1. The van der Waals surface area contributed by atoms with Gasteiger partial charge < -0.3 is 15.0 Å². The van der Waals surface area contributed by atoms with E-state index in [0.29, 0.717) is 33.8 Å². The third kappa shape index (κ3) is 4.10. The average molecular weight is 407 g/mol. The number of methoxy groups -OCH3 is 1. The van der Waals surface area contributed by atoms with Crippen LogP contribution in [0.5, 0.6) is 0 Å². The lowest BCUT2D eigenvalue weighted by atomic mass is 10.0. The maximum atomic E-state index is 13.0. The maximum Gasteiger partial charge on any atom is 0.262 e. The summed E-state index contributed by atoms with van der Waals surface area (Å²) < 4.78 is 6.28. The molecular formula is C19H26N4O4S. The van der Waals surface area contributed by atoms with Crippen molar-refractivity contribution in [1.29, 1.82) is 0 Å². The third-order valence-electron chi connectivity index (χ3n) is 5.14. The summed E-state index contributed by atoms with van der Waals surface area (Å²) in [6.45, 7) is 5.29. The molecule has 2 aromatic heterocycles. The second-order valence-electron chi connectivity index (χ2n) is 7.09. The number of carbonyl (C=O) groups excluding carboxylic acids is 2. The Hall–Kier alpha value is -2.26. The smallest absolute Gasteiger partial charge is 0.262 e. The molecule has 9 heteroatoms. The van der Waals surface area contributed by atoms with E-state index in [1.807, 2.05) is 11.8 Å². The Morgan fingerprint density at radius 1 is 1.39 bits per heavy atom. The van der Waals surface area contributed by atoms with Gasteiger partial charge in [0, 0.05) is 26.2 Å². The lowest BCUT2D eigenvalue weighted by molar-refractivity contribution is -0.135. The lowest BCUT2D eigenvalue weighted by Crippen LogP contribution is -2.44. The molecule has 0 saturated carbocycles. The monoisotopic (exact) mass is 406 g/mol. The Balaban J connectivity index is 1.84. The summed E-state index contributed by atoms with van der Waals surface area (Å²) in [6.07, 6.45) is 4.51. The molecule has 28 heavy (non-hydrogen) atoms. The minimum Gasteiger partial charge on any atom is -0.383 e. The Bertz CT molecular complexity index is 936. The van der Waals surface area contributed by atoms with Crippen LogP contribution in [0.4, 0.5) is 0 Å². The fourth-order valence-corrected chi connectivity index (χ4v) is 4.60. The lowest BCUT2D eigenvalue weighted by Gasteiger charge is -2.33. The van der Waals surface area contributed by atoms with Crippen LogP contribution in [-0.2, 0) is 16.1 Å². The SMILES string of the molecule is COCCNC(=O)c1sc2ncn(CC(=O)N3CCCCC3C)c(=O)c2c1C. The predicted molar refractivity (Wildman–Crippen MR) is 108 cm³/mol. The van der Waals surface area contributed by atoms with Crippen molar-refractivity contribution in [3.05, 3.63) is 27.1 Å². The number of piperidine rings is 1. The third-order valence-corrected chi connectivity index (χ3v) is 6.34. The molecule has 1 atom stereocenters. The molecule has 0 aliphatic carbocycles. The molecule has 3 heterocycles. The van der Waals surface area contributed by atoms with Crippen LogP contribution in [0.15, 0.2) is 11.1 Å². The summed E-state index contributed by atoms with van der Waals surface area (Å²) in [4.78, 5) is 45.1. The first-order chi connectivity index (χ1) is 13.4. The number of hydrogen-bond acceptors (Lipinski definition) is 6. The summed E-state index contributed by atoms with van der Waals surface area (Å²) in [6, 6.07) is 0.193. The van der Waals surface area contributed by atoms with Gasteiger partial charge in [0.15, 0.2) is 0 Å². The van der Waals surface area contributed by atoms with Gasteiger partial charge in [-0.15, -0.1) is 11.3 Å². The van der Waals surface area contributed by atoms with E-state index in [9.17, 15) is 14.4 Å². The number of aryl methyl sites for hydroxylation is 1. The average Bonchev–Trinajstić information content (AvgIpc) is 3.02. The Morgan fingerprint density at radius 2 is 2.18 bits per heavy atom. The van der Waals surface area contributed by atoms with Gasteiger partial charge in [-0.1, -0.05) is 0 Å². The number of ether oxygens (including phenoxy) is 1. The van der Waals surface area contributed by atoms with E-state index in [-0.39, 0.29) is 30.0 Å². The van der Waals surface area contributed by atoms with Crippen LogP contribution in [0.2, 0.25) is 0 Å². The number of rotatable bonds is 6.